The van der Waals surface area contributed by atoms with E-state index in [9.17, 15) is 0 Å². The standard InChI is InChI=1S/C14H20N6/c1-10-9-11(2)15-13-12(10)14(17-16-13)18-19-20-7-5-3-4-6-8-20/h3-9H2,1-2H3. The molecule has 0 aromatic carbocycles. The Balaban J connectivity index is 1.72. The average Bonchev–Trinajstić information content (AvgIpc) is 2.65. The van der Waals surface area contributed by atoms with E-state index >= 15 is 0 Å². The van der Waals surface area contributed by atoms with Crippen LogP contribution in [-0.2, 0) is 0 Å². The van der Waals surface area contributed by atoms with Gasteiger partial charge < -0.3 is 0 Å². The van der Waals surface area contributed by atoms with Crippen LogP contribution in [0.4, 0.5) is 0 Å². The van der Waals surface area contributed by atoms with E-state index in [0.29, 0.717) is 11.7 Å². The number of rotatable bonds is 1. The second-order valence-corrected chi connectivity index (χ2v) is 5.58. The summed E-state index contributed by atoms with van der Waals surface area (Å²) in [6.07, 6.45) is 5.83. The Hall–Kier alpha value is -1.85. The Morgan fingerprint density at radius 1 is 1.00 bits per heavy atom. The van der Waals surface area contributed by atoms with Crippen LogP contribution in [0.15, 0.2) is 36.7 Å². The third-order valence-corrected chi connectivity index (χ3v) is 3.78. The van der Waals surface area contributed by atoms with Gasteiger partial charge in [-0.15, -0.1) is 15.3 Å². The number of hydrogen-bond donors (Lipinski definition) is 0. The number of allylic oxidation sites excluding steroid dienone is 1. The number of fused-ring (bicyclic) bond motifs is 1. The van der Waals surface area contributed by atoms with E-state index in [1.165, 1.54) is 31.3 Å². The van der Waals surface area contributed by atoms with Crippen LogP contribution in [0.1, 0.15) is 46.0 Å². The van der Waals surface area contributed by atoms with Crippen LogP contribution >= 0.6 is 0 Å². The fraction of sp³-hybridized carbons (Fsp3) is 0.643. The molecule has 3 rings (SSSR count). The highest BCUT2D eigenvalue weighted by atomic mass is 15.5. The molecule has 0 saturated carbocycles. The maximum atomic E-state index is 4.43. The molecular weight excluding hydrogens is 252 g/mol. The Morgan fingerprint density at radius 3 is 2.50 bits per heavy atom. The van der Waals surface area contributed by atoms with Crippen LogP contribution < -0.4 is 0 Å². The Kier molecular flexibility index (Phi) is 3.71. The minimum atomic E-state index is 0.609. The molecule has 0 amide bonds. The van der Waals surface area contributed by atoms with Crippen molar-refractivity contribution in [3.05, 3.63) is 11.1 Å². The average molecular weight is 272 g/mol. The highest BCUT2D eigenvalue weighted by molar-refractivity contribution is 6.29. The van der Waals surface area contributed by atoms with Gasteiger partial charge in [0.05, 0.1) is 5.57 Å². The molecule has 0 N–H and O–H groups in total. The van der Waals surface area contributed by atoms with Crippen LogP contribution in [0, 0.1) is 0 Å². The van der Waals surface area contributed by atoms with Crippen LogP contribution in [-0.4, -0.2) is 35.5 Å². The van der Waals surface area contributed by atoms with E-state index in [1.54, 1.807) is 0 Å². The largest absolute Gasteiger partial charge is 0.278 e. The van der Waals surface area contributed by atoms with E-state index in [1.807, 2.05) is 11.9 Å². The predicted molar refractivity (Wildman–Crippen MR) is 80.2 cm³/mol. The second kappa shape index (κ2) is 5.64. The molecule has 6 nitrogen and oxygen atoms in total. The molecule has 3 aliphatic heterocycles. The highest BCUT2D eigenvalue weighted by Gasteiger charge is 2.26. The highest BCUT2D eigenvalue weighted by Crippen LogP contribution is 2.24. The molecule has 0 aromatic rings. The van der Waals surface area contributed by atoms with Crippen molar-refractivity contribution >= 4 is 17.4 Å². The number of dihydropyridines is 1. The van der Waals surface area contributed by atoms with E-state index in [-0.39, 0.29) is 0 Å². The first-order valence-electron chi connectivity index (χ1n) is 7.31. The van der Waals surface area contributed by atoms with Gasteiger partial charge in [-0.05, 0) is 26.7 Å². The Bertz CT molecular complexity index is 544. The zero-order valence-electron chi connectivity index (χ0n) is 12.1. The normalized spacial score (nSPS) is 23.5. The predicted octanol–water partition coefficient (Wildman–Crippen LogP) is 3.14. The van der Waals surface area contributed by atoms with E-state index in [0.717, 1.165) is 30.8 Å². The minimum absolute atomic E-state index is 0.609. The van der Waals surface area contributed by atoms with E-state index in [2.05, 4.69) is 32.5 Å². The quantitative estimate of drug-likeness (QED) is 0.676. The lowest BCUT2D eigenvalue weighted by atomic mass is 10.00. The number of aliphatic imine (C=N–C) groups is 1. The lowest BCUT2D eigenvalue weighted by Crippen LogP contribution is -2.19. The molecule has 0 spiro atoms. The van der Waals surface area contributed by atoms with Crippen molar-refractivity contribution in [1.82, 2.24) is 5.01 Å². The van der Waals surface area contributed by atoms with Gasteiger partial charge in [-0.2, -0.15) is 0 Å². The van der Waals surface area contributed by atoms with Crippen LogP contribution in [0.25, 0.3) is 0 Å². The van der Waals surface area contributed by atoms with Crippen molar-refractivity contribution in [2.75, 3.05) is 13.1 Å². The topological polar surface area (TPSA) is 65.0 Å². The van der Waals surface area contributed by atoms with Gasteiger partial charge in [-0.1, -0.05) is 23.6 Å². The number of nitrogens with zero attached hydrogens (tertiary/aromatic N) is 6. The van der Waals surface area contributed by atoms with Gasteiger partial charge in [0.25, 0.3) is 0 Å². The molecule has 3 aliphatic rings. The van der Waals surface area contributed by atoms with Gasteiger partial charge in [0.15, 0.2) is 5.84 Å². The third-order valence-electron chi connectivity index (χ3n) is 3.78. The van der Waals surface area contributed by atoms with Crippen molar-refractivity contribution in [3.8, 4) is 0 Å². The summed E-state index contributed by atoms with van der Waals surface area (Å²) in [5, 5.41) is 18.9. The van der Waals surface area contributed by atoms with Gasteiger partial charge >= 0.3 is 0 Å². The van der Waals surface area contributed by atoms with Crippen LogP contribution in [0.3, 0.4) is 0 Å². The SMILES string of the molecule is CC1=NC2=NN=C(N=NN3CCCCCC3)C2=C(C)C1. The molecule has 0 radical (unpaired) electrons. The molecule has 0 aliphatic carbocycles. The van der Waals surface area contributed by atoms with Crippen molar-refractivity contribution in [2.24, 2.45) is 25.5 Å². The zero-order valence-corrected chi connectivity index (χ0v) is 12.1. The summed E-state index contributed by atoms with van der Waals surface area (Å²) in [6.45, 7) is 6.07. The number of hydrogen-bond acceptors (Lipinski definition) is 5. The van der Waals surface area contributed by atoms with Crippen molar-refractivity contribution < 1.29 is 0 Å². The summed E-state index contributed by atoms with van der Waals surface area (Å²) >= 11 is 0. The maximum Gasteiger partial charge on any atom is 0.209 e. The lowest BCUT2D eigenvalue weighted by Gasteiger charge is -2.15. The molecule has 0 aromatic heterocycles. The molecule has 106 valence electrons. The maximum absolute atomic E-state index is 4.43. The molecule has 0 unspecified atom stereocenters. The Labute approximate surface area is 119 Å². The second-order valence-electron chi connectivity index (χ2n) is 5.58. The van der Waals surface area contributed by atoms with Crippen LogP contribution in [0.5, 0.6) is 0 Å². The molecular formula is C14H20N6. The smallest absolute Gasteiger partial charge is 0.209 e. The summed E-state index contributed by atoms with van der Waals surface area (Å²) in [7, 11) is 0. The molecule has 0 bridgehead atoms. The van der Waals surface area contributed by atoms with Crippen molar-refractivity contribution in [1.29, 1.82) is 0 Å². The Morgan fingerprint density at radius 2 is 1.75 bits per heavy atom. The molecule has 1 saturated heterocycles. The molecule has 20 heavy (non-hydrogen) atoms. The summed E-state index contributed by atoms with van der Waals surface area (Å²) in [5.41, 5.74) is 3.27. The lowest BCUT2D eigenvalue weighted by molar-refractivity contribution is 0.282. The van der Waals surface area contributed by atoms with Gasteiger partial charge in [-0.25, -0.2) is 4.99 Å². The summed E-state index contributed by atoms with van der Waals surface area (Å²) in [6, 6.07) is 0. The van der Waals surface area contributed by atoms with Gasteiger partial charge in [0.1, 0.15) is 0 Å². The van der Waals surface area contributed by atoms with Crippen LogP contribution in [0.2, 0.25) is 0 Å². The fourth-order valence-corrected chi connectivity index (χ4v) is 2.77. The summed E-state index contributed by atoms with van der Waals surface area (Å²) in [4.78, 5) is 4.43. The molecule has 0 atom stereocenters. The van der Waals surface area contributed by atoms with Crippen molar-refractivity contribution in [3.63, 3.8) is 0 Å². The fourth-order valence-electron chi connectivity index (χ4n) is 2.77. The van der Waals surface area contributed by atoms with Gasteiger partial charge in [0, 0.05) is 25.2 Å². The van der Waals surface area contributed by atoms with Gasteiger partial charge in [-0.3, -0.25) is 5.01 Å². The van der Waals surface area contributed by atoms with E-state index in [4.69, 9.17) is 0 Å². The van der Waals surface area contributed by atoms with Crippen molar-refractivity contribution in [2.45, 2.75) is 46.0 Å². The monoisotopic (exact) mass is 272 g/mol. The number of amidine groups is 2. The first-order chi connectivity index (χ1) is 9.74. The summed E-state index contributed by atoms with van der Waals surface area (Å²) < 4.78 is 0. The van der Waals surface area contributed by atoms with Gasteiger partial charge in [0.2, 0.25) is 5.84 Å². The molecule has 1 fully saturated rings. The summed E-state index contributed by atoms with van der Waals surface area (Å²) in [5.74, 6) is 1.30. The minimum Gasteiger partial charge on any atom is -0.278 e. The first-order valence-corrected chi connectivity index (χ1v) is 7.31. The first kappa shape index (κ1) is 13.1. The molecule has 3 heterocycles. The molecule has 6 heteroatoms. The van der Waals surface area contributed by atoms with E-state index < -0.39 is 0 Å². The zero-order chi connectivity index (χ0) is 13.9. The third kappa shape index (κ3) is 2.69.